The normalized spacial score (nSPS) is 29.0. The molecule has 2 N–H and O–H groups in total. The van der Waals surface area contributed by atoms with Crippen LogP contribution in [0, 0.1) is 5.92 Å². The summed E-state index contributed by atoms with van der Waals surface area (Å²) in [4.78, 5) is 0. The number of hydrogen-bond acceptors (Lipinski definition) is 3. The first-order chi connectivity index (χ1) is 6.27. The van der Waals surface area contributed by atoms with Gasteiger partial charge in [0.1, 0.15) is 0 Å². The van der Waals surface area contributed by atoms with E-state index in [4.69, 9.17) is 5.73 Å². The lowest BCUT2D eigenvalue weighted by Crippen LogP contribution is -2.21. The van der Waals surface area contributed by atoms with Crippen molar-refractivity contribution in [3.8, 4) is 0 Å². The van der Waals surface area contributed by atoms with Crippen molar-refractivity contribution < 1.29 is 0 Å². The summed E-state index contributed by atoms with van der Waals surface area (Å²) in [6.45, 7) is 2.28. The molecular formula is C9H16N4. The van der Waals surface area contributed by atoms with Crippen molar-refractivity contribution in [1.82, 2.24) is 15.0 Å². The Morgan fingerprint density at radius 1 is 1.46 bits per heavy atom. The molecule has 0 saturated heterocycles. The van der Waals surface area contributed by atoms with Crippen molar-refractivity contribution in [3.63, 3.8) is 0 Å². The Morgan fingerprint density at radius 3 is 2.85 bits per heavy atom. The third-order valence-electron chi connectivity index (χ3n) is 2.93. The van der Waals surface area contributed by atoms with Crippen molar-refractivity contribution in [1.29, 1.82) is 0 Å². The van der Waals surface area contributed by atoms with Crippen LogP contribution in [0.5, 0.6) is 0 Å². The molecule has 0 aliphatic heterocycles. The highest BCUT2D eigenvalue weighted by Crippen LogP contribution is 2.32. The fourth-order valence-corrected chi connectivity index (χ4v) is 2.14. The number of aromatic nitrogens is 3. The van der Waals surface area contributed by atoms with E-state index in [2.05, 4.69) is 17.2 Å². The molecule has 4 heteroatoms. The molecule has 1 aliphatic rings. The quantitative estimate of drug-likeness (QED) is 0.714. The van der Waals surface area contributed by atoms with Gasteiger partial charge in [-0.15, -0.1) is 5.10 Å². The predicted molar refractivity (Wildman–Crippen MR) is 51.1 cm³/mol. The first-order valence-electron chi connectivity index (χ1n) is 4.94. The van der Waals surface area contributed by atoms with Gasteiger partial charge in [-0.3, -0.25) is 0 Å². The van der Waals surface area contributed by atoms with Crippen LogP contribution in [-0.4, -0.2) is 15.0 Å². The zero-order valence-corrected chi connectivity index (χ0v) is 7.98. The van der Waals surface area contributed by atoms with Crippen LogP contribution in [0.15, 0.2) is 6.20 Å². The molecule has 1 fully saturated rings. The van der Waals surface area contributed by atoms with Crippen LogP contribution in [0.4, 0.5) is 5.82 Å². The second-order valence-corrected chi connectivity index (χ2v) is 3.95. The third kappa shape index (κ3) is 1.66. The van der Waals surface area contributed by atoms with Gasteiger partial charge in [-0.05, 0) is 18.8 Å². The highest BCUT2D eigenvalue weighted by Gasteiger charge is 2.23. The van der Waals surface area contributed by atoms with Crippen molar-refractivity contribution in [2.24, 2.45) is 5.92 Å². The molecule has 1 heterocycles. The van der Waals surface area contributed by atoms with Gasteiger partial charge in [-0.25, -0.2) is 4.68 Å². The summed E-state index contributed by atoms with van der Waals surface area (Å²) in [5.41, 5.74) is 5.54. The topological polar surface area (TPSA) is 56.7 Å². The van der Waals surface area contributed by atoms with Gasteiger partial charge >= 0.3 is 0 Å². The Hall–Kier alpha value is -1.06. The summed E-state index contributed by atoms with van der Waals surface area (Å²) in [6.07, 6.45) is 7.00. The van der Waals surface area contributed by atoms with E-state index in [0.717, 1.165) is 0 Å². The van der Waals surface area contributed by atoms with E-state index in [-0.39, 0.29) is 0 Å². The van der Waals surface area contributed by atoms with Crippen molar-refractivity contribution in [3.05, 3.63) is 6.20 Å². The predicted octanol–water partition coefficient (Wildman–Crippen LogP) is 1.61. The van der Waals surface area contributed by atoms with Gasteiger partial charge in [-0.2, -0.15) is 0 Å². The van der Waals surface area contributed by atoms with E-state index in [1.54, 1.807) is 0 Å². The minimum absolute atomic E-state index is 0.513. The van der Waals surface area contributed by atoms with Gasteiger partial charge in [0, 0.05) is 0 Å². The van der Waals surface area contributed by atoms with Gasteiger partial charge in [0.15, 0.2) is 5.82 Å². The summed E-state index contributed by atoms with van der Waals surface area (Å²) in [5, 5.41) is 7.85. The highest BCUT2D eigenvalue weighted by molar-refractivity contribution is 5.20. The molecule has 1 saturated carbocycles. The zero-order chi connectivity index (χ0) is 9.26. The molecule has 0 aromatic carbocycles. The maximum Gasteiger partial charge on any atom is 0.165 e. The van der Waals surface area contributed by atoms with Crippen LogP contribution in [0.3, 0.4) is 0 Å². The summed E-state index contributed by atoms with van der Waals surface area (Å²) < 4.78 is 1.93. The molecule has 0 spiro atoms. The molecule has 4 nitrogen and oxygen atoms in total. The van der Waals surface area contributed by atoms with Gasteiger partial charge in [0.2, 0.25) is 0 Å². The minimum Gasteiger partial charge on any atom is -0.381 e. The smallest absolute Gasteiger partial charge is 0.165 e. The second-order valence-electron chi connectivity index (χ2n) is 3.95. The van der Waals surface area contributed by atoms with Crippen LogP contribution in [0.25, 0.3) is 0 Å². The van der Waals surface area contributed by atoms with E-state index in [9.17, 15) is 0 Å². The Balaban J connectivity index is 2.14. The first-order valence-corrected chi connectivity index (χ1v) is 4.94. The van der Waals surface area contributed by atoms with Crippen LogP contribution in [-0.2, 0) is 0 Å². The van der Waals surface area contributed by atoms with Crippen LogP contribution in [0.1, 0.15) is 38.6 Å². The average molecular weight is 180 g/mol. The molecule has 1 aromatic heterocycles. The fourth-order valence-electron chi connectivity index (χ4n) is 2.14. The Kier molecular flexibility index (Phi) is 2.20. The largest absolute Gasteiger partial charge is 0.381 e. The van der Waals surface area contributed by atoms with E-state index < -0.39 is 0 Å². The molecule has 13 heavy (non-hydrogen) atoms. The minimum atomic E-state index is 0.513. The lowest BCUT2D eigenvalue weighted by molar-refractivity contribution is 0.237. The van der Waals surface area contributed by atoms with Crippen LogP contribution in [0.2, 0.25) is 0 Å². The van der Waals surface area contributed by atoms with E-state index in [1.807, 2.05) is 10.9 Å². The van der Waals surface area contributed by atoms with E-state index in [1.165, 1.54) is 25.7 Å². The lowest BCUT2D eigenvalue weighted by Gasteiger charge is -2.28. The fraction of sp³-hybridized carbons (Fsp3) is 0.778. The first kappa shape index (κ1) is 8.53. The molecule has 2 rings (SSSR count). The monoisotopic (exact) mass is 180 g/mol. The number of rotatable bonds is 1. The van der Waals surface area contributed by atoms with Gasteiger partial charge in [-0.1, -0.05) is 25.0 Å². The SMILES string of the molecule is CC1CCCCC1n1cc(N)nn1. The summed E-state index contributed by atoms with van der Waals surface area (Å²) in [6, 6.07) is 0.513. The molecule has 0 bridgehead atoms. The lowest BCUT2D eigenvalue weighted by atomic mass is 9.86. The molecule has 1 aliphatic carbocycles. The maximum absolute atomic E-state index is 5.54. The molecular weight excluding hydrogens is 164 g/mol. The number of anilines is 1. The Morgan fingerprint density at radius 2 is 2.23 bits per heavy atom. The van der Waals surface area contributed by atoms with Crippen molar-refractivity contribution in [2.75, 3.05) is 5.73 Å². The van der Waals surface area contributed by atoms with Crippen molar-refractivity contribution >= 4 is 5.82 Å². The third-order valence-corrected chi connectivity index (χ3v) is 2.93. The van der Waals surface area contributed by atoms with Crippen molar-refractivity contribution in [2.45, 2.75) is 38.6 Å². The maximum atomic E-state index is 5.54. The Bertz CT molecular complexity index is 281. The summed E-state index contributed by atoms with van der Waals surface area (Å²) >= 11 is 0. The molecule has 2 unspecified atom stereocenters. The number of nitrogen functional groups attached to an aromatic ring is 1. The molecule has 1 aromatic rings. The van der Waals surface area contributed by atoms with E-state index >= 15 is 0 Å². The number of nitrogens with two attached hydrogens (primary N) is 1. The zero-order valence-electron chi connectivity index (χ0n) is 7.98. The van der Waals surface area contributed by atoms with E-state index in [0.29, 0.717) is 17.8 Å². The average Bonchev–Trinajstić information content (AvgIpc) is 2.53. The standard InChI is InChI=1S/C9H16N4/c1-7-4-2-3-5-8(7)13-6-9(10)11-12-13/h6-8H,2-5,10H2,1H3. The Labute approximate surface area is 78.1 Å². The molecule has 0 radical (unpaired) electrons. The summed E-state index contributed by atoms with van der Waals surface area (Å²) in [7, 11) is 0. The molecule has 2 atom stereocenters. The van der Waals surface area contributed by atoms with Gasteiger partial charge in [0.25, 0.3) is 0 Å². The number of nitrogens with zero attached hydrogens (tertiary/aromatic N) is 3. The molecule has 0 amide bonds. The van der Waals surface area contributed by atoms with Gasteiger partial charge < -0.3 is 5.73 Å². The van der Waals surface area contributed by atoms with Crippen LogP contribution < -0.4 is 5.73 Å². The second kappa shape index (κ2) is 3.36. The van der Waals surface area contributed by atoms with Gasteiger partial charge in [0.05, 0.1) is 12.2 Å². The highest BCUT2D eigenvalue weighted by atomic mass is 15.4. The number of hydrogen-bond donors (Lipinski definition) is 1. The molecule has 72 valence electrons. The summed E-state index contributed by atoms with van der Waals surface area (Å²) in [5.74, 6) is 1.23. The van der Waals surface area contributed by atoms with Crippen LogP contribution >= 0.6 is 0 Å².